The summed E-state index contributed by atoms with van der Waals surface area (Å²) in [6, 6.07) is 12.3. The number of rotatable bonds is 7. The maximum Gasteiger partial charge on any atom is 0.264 e. The van der Waals surface area contributed by atoms with Gasteiger partial charge in [0, 0.05) is 0 Å². The van der Waals surface area contributed by atoms with Crippen molar-refractivity contribution in [3.8, 4) is 0 Å². The van der Waals surface area contributed by atoms with Gasteiger partial charge >= 0.3 is 0 Å². The van der Waals surface area contributed by atoms with Gasteiger partial charge in [0.25, 0.3) is 10.1 Å². The van der Waals surface area contributed by atoms with Crippen molar-refractivity contribution in [1.29, 1.82) is 0 Å². The number of hydrogen-bond acceptors (Lipinski definition) is 6. The van der Waals surface area contributed by atoms with Crippen molar-refractivity contribution in [2.45, 2.75) is 4.90 Å². The first-order valence-corrected chi connectivity index (χ1v) is 9.88. The Hall–Kier alpha value is -1.48. The van der Waals surface area contributed by atoms with Gasteiger partial charge in [-0.1, -0.05) is 30.3 Å². The Morgan fingerprint density at radius 3 is 2.27 bits per heavy atom. The smallest absolute Gasteiger partial charge is 0.264 e. The van der Waals surface area contributed by atoms with Crippen LogP contribution < -0.4 is 0 Å². The SMILES string of the molecule is CS(=O)(=O)OCCOCS(=O)(=O)c1ccc2ccccc2c1. The van der Waals surface area contributed by atoms with Gasteiger partial charge in [0.15, 0.2) is 5.94 Å². The summed E-state index contributed by atoms with van der Waals surface area (Å²) in [7, 11) is -7.14. The molecule has 0 aromatic heterocycles. The van der Waals surface area contributed by atoms with Crippen LogP contribution in [0.5, 0.6) is 0 Å². The molecule has 0 saturated carbocycles. The summed E-state index contributed by atoms with van der Waals surface area (Å²) in [4.78, 5) is 0.162. The fourth-order valence-electron chi connectivity index (χ4n) is 1.84. The summed E-state index contributed by atoms with van der Waals surface area (Å²) in [5.41, 5.74) is 0. The van der Waals surface area contributed by atoms with Gasteiger partial charge in [-0.2, -0.15) is 8.42 Å². The van der Waals surface area contributed by atoms with Gasteiger partial charge < -0.3 is 4.74 Å². The van der Waals surface area contributed by atoms with Crippen LogP contribution in [-0.2, 0) is 28.9 Å². The highest BCUT2D eigenvalue weighted by atomic mass is 32.2. The maximum absolute atomic E-state index is 12.2. The average Bonchev–Trinajstić information content (AvgIpc) is 2.45. The second-order valence-electron chi connectivity index (χ2n) is 4.68. The van der Waals surface area contributed by atoms with Crippen LogP contribution in [0.2, 0.25) is 0 Å². The van der Waals surface area contributed by atoms with E-state index in [0.29, 0.717) is 0 Å². The van der Waals surface area contributed by atoms with E-state index >= 15 is 0 Å². The number of ether oxygens (including phenoxy) is 1. The minimum atomic E-state index is -3.59. The van der Waals surface area contributed by atoms with Crippen LogP contribution in [-0.4, -0.2) is 42.2 Å². The summed E-state index contributed by atoms with van der Waals surface area (Å²) in [5.74, 6) is -0.529. The number of sulfone groups is 1. The lowest BCUT2D eigenvalue weighted by Gasteiger charge is -2.07. The molecule has 6 nitrogen and oxygen atoms in total. The van der Waals surface area contributed by atoms with E-state index in [1.54, 1.807) is 12.1 Å². The van der Waals surface area contributed by atoms with Crippen LogP contribution in [0, 0.1) is 0 Å². The third-order valence-electron chi connectivity index (χ3n) is 2.84. The molecular weight excluding hydrogens is 328 g/mol. The van der Waals surface area contributed by atoms with Crippen LogP contribution >= 0.6 is 0 Å². The molecule has 0 spiro atoms. The molecule has 0 aliphatic rings. The molecule has 0 aliphatic heterocycles. The van der Waals surface area contributed by atoms with Gasteiger partial charge in [-0.25, -0.2) is 8.42 Å². The van der Waals surface area contributed by atoms with Crippen LogP contribution in [0.1, 0.15) is 0 Å². The summed E-state index contributed by atoms with van der Waals surface area (Å²) in [6.07, 6.45) is 0.915. The van der Waals surface area contributed by atoms with E-state index in [1.807, 2.05) is 24.3 Å². The molecule has 2 aromatic carbocycles. The summed E-state index contributed by atoms with van der Waals surface area (Å²) >= 11 is 0. The molecule has 8 heteroatoms. The zero-order valence-corrected chi connectivity index (χ0v) is 13.6. The van der Waals surface area contributed by atoms with E-state index in [9.17, 15) is 16.8 Å². The molecule has 22 heavy (non-hydrogen) atoms. The third-order valence-corrected chi connectivity index (χ3v) is 4.89. The first-order valence-electron chi connectivity index (χ1n) is 6.42. The largest absolute Gasteiger partial charge is 0.363 e. The molecule has 120 valence electrons. The normalized spacial score (nSPS) is 12.6. The Kier molecular flexibility index (Phi) is 5.17. The highest BCUT2D eigenvalue weighted by Crippen LogP contribution is 2.19. The lowest BCUT2D eigenvalue weighted by molar-refractivity contribution is 0.134. The first-order chi connectivity index (χ1) is 10.3. The van der Waals surface area contributed by atoms with E-state index in [1.165, 1.54) is 6.07 Å². The van der Waals surface area contributed by atoms with Crippen LogP contribution in [0.4, 0.5) is 0 Å². The van der Waals surface area contributed by atoms with Crippen LogP contribution in [0.25, 0.3) is 10.8 Å². The average molecular weight is 344 g/mol. The van der Waals surface area contributed by atoms with Gasteiger partial charge in [-0.15, -0.1) is 0 Å². The number of hydrogen-bond donors (Lipinski definition) is 0. The van der Waals surface area contributed by atoms with Gasteiger partial charge in [-0.05, 0) is 22.9 Å². The Bertz CT molecular complexity index is 856. The van der Waals surface area contributed by atoms with Crippen molar-refractivity contribution in [2.75, 3.05) is 25.4 Å². The first kappa shape index (κ1) is 16.9. The summed E-state index contributed by atoms with van der Waals surface area (Å²) in [5, 5.41) is 1.77. The molecule has 0 fully saturated rings. The second kappa shape index (κ2) is 6.74. The lowest BCUT2D eigenvalue weighted by Crippen LogP contribution is -2.14. The highest BCUT2D eigenvalue weighted by Gasteiger charge is 2.15. The van der Waals surface area contributed by atoms with Gasteiger partial charge in [-0.3, -0.25) is 4.18 Å². The zero-order valence-electron chi connectivity index (χ0n) is 11.9. The van der Waals surface area contributed by atoms with E-state index < -0.39 is 25.9 Å². The lowest BCUT2D eigenvalue weighted by atomic mass is 10.1. The zero-order chi connectivity index (χ0) is 16.2. The van der Waals surface area contributed by atoms with E-state index in [0.717, 1.165) is 17.0 Å². The Labute approximate surface area is 129 Å². The fourth-order valence-corrected chi connectivity index (χ4v) is 3.27. The molecule has 0 heterocycles. The van der Waals surface area contributed by atoms with Crippen molar-refractivity contribution < 1.29 is 25.8 Å². The molecule has 2 rings (SSSR count). The molecular formula is C14H16O6S2. The standard InChI is InChI=1S/C14H16O6S2/c1-21(15,16)20-9-8-19-11-22(17,18)14-7-6-12-4-2-3-5-13(12)10-14/h2-7,10H,8-9,11H2,1H3. The molecule has 0 atom stereocenters. The van der Waals surface area contributed by atoms with E-state index in [-0.39, 0.29) is 18.1 Å². The third kappa shape index (κ3) is 4.77. The Balaban J connectivity index is 2.00. The van der Waals surface area contributed by atoms with Crippen LogP contribution in [0.3, 0.4) is 0 Å². The van der Waals surface area contributed by atoms with Crippen molar-refractivity contribution in [2.24, 2.45) is 0 Å². The summed E-state index contributed by atoms with van der Waals surface area (Å²) in [6.45, 7) is -0.341. The molecule has 0 amide bonds. The predicted octanol–water partition coefficient (Wildman–Crippen LogP) is 1.56. The monoisotopic (exact) mass is 344 g/mol. The Morgan fingerprint density at radius 2 is 1.59 bits per heavy atom. The Morgan fingerprint density at radius 1 is 0.909 bits per heavy atom. The van der Waals surface area contributed by atoms with E-state index in [2.05, 4.69) is 4.18 Å². The van der Waals surface area contributed by atoms with Gasteiger partial charge in [0.05, 0.1) is 24.4 Å². The quantitative estimate of drug-likeness (QED) is 0.560. The summed E-state index contributed by atoms with van der Waals surface area (Å²) < 4.78 is 55.2. The fraction of sp³-hybridized carbons (Fsp3) is 0.286. The van der Waals surface area contributed by atoms with Crippen molar-refractivity contribution in [3.05, 3.63) is 42.5 Å². The van der Waals surface area contributed by atoms with E-state index in [4.69, 9.17) is 4.74 Å². The van der Waals surface area contributed by atoms with Crippen molar-refractivity contribution in [1.82, 2.24) is 0 Å². The second-order valence-corrected chi connectivity index (χ2v) is 8.26. The molecule has 0 bridgehead atoms. The van der Waals surface area contributed by atoms with Crippen molar-refractivity contribution >= 4 is 30.7 Å². The topological polar surface area (TPSA) is 86.7 Å². The maximum atomic E-state index is 12.2. The van der Waals surface area contributed by atoms with Crippen LogP contribution in [0.15, 0.2) is 47.4 Å². The minimum Gasteiger partial charge on any atom is -0.363 e. The van der Waals surface area contributed by atoms with Gasteiger partial charge in [0.2, 0.25) is 9.84 Å². The molecule has 0 radical (unpaired) electrons. The predicted molar refractivity (Wildman–Crippen MR) is 82.7 cm³/mol. The highest BCUT2D eigenvalue weighted by molar-refractivity contribution is 7.91. The minimum absolute atomic E-state index is 0.125. The molecule has 0 unspecified atom stereocenters. The number of benzene rings is 2. The van der Waals surface area contributed by atoms with Crippen molar-refractivity contribution in [3.63, 3.8) is 0 Å². The molecule has 0 aliphatic carbocycles. The van der Waals surface area contributed by atoms with Gasteiger partial charge in [0.1, 0.15) is 0 Å². The molecule has 2 aromatic rings. The molecule has 0 N–H and O–H groups in total. The molecule has 0 saturated heterocycles. The number of fused-ring (bicyclic) bond motifs is 1.